The first-order valence-corrected chi connectivity index (χ1v) is 18.2. The Kier molecular flexibility index (Phi) is 12.4. The third-order valence-electron chi connectivity index (χ3n) is 12.2. The van der Waals surface area contributed by atoms with Gasteiger partial charge in [0, 0.05) is 12.1 Å². The number of ether oxygens (including phenoxy) is 1. The second-order valence-electron chi connectivity index (χ2n) is 15.4. The largest absolute Gasteiger partial charge is 0.432 e. The highest BCUT2D eigenvalue weighted by Crippen LogP contribution is 2.46. The Morgan fingerprint density at radius 1 is 0.479 bits per heavy atom. The molecule has 0 aromatic heterocycles. The van der Waals surface area contributed by atoms with Crippen molar-refractivity contribution in [3.63, 3.8) is 0 Å². The van der Waals surface area contributed by atoms with Gasteiger partial charge < -0.3 is 4.74 Å². The molecule has 2 aromatic rings. The Balaban J connectivity index is 0.000000190. The summed E-state index contributed by atoms with van der Waals surface area (Å²) in [6.45, 7) is 4.59. The van der Waals surface area contributed by atoms with Crippen LogP contribution in [-0.2, 0) is 0 Å². The molecular formula is C39H50F8O. The Morgan fingerprint density at radius 3 is 1.21 bits per heavy atom. The first kappa shape index (κ1) is 36.9. The van der Waals surface area contributed by atoms with Crippen LogP contribution in [0.4, 0.5) is 35.1 Å². The van der Waals surface area contributed by atoms with Crippen LogP contribution in [0.3, 0.4) is 0 Å². The fraction of sp³-hybridized carbons (Fsp3) is 0.692. The molecule has 2 aromatic carbocycles. The predicted octanol–water partition coefficient (Wildman–Crippen LogP) is 12.9. The number of rotatable bonds is 6. The number of benzene rings is 2. The van der Waals surface area contributed by atoms with Crippen molar-refractivity contribution in [1.29, 1.82) is 0 Å². The number of hydrogen-bond donors (Lipinski definition) is 0. The first-order chi connectivity index (χ1) is 22.8. The van der Waals surface area contributed by atoms with Crippen LogP contribution in [0, 0.1) is 76.3 Å². The molecule has 1 nitrogen and oxygen atoms in total. The summed E-state index contributed by atoms with van der Waals surface area (Å²) in [7, 11) is 0. The molecule has 0 unspecified atom stereocenters. The standard InChI is InChI=1S/C20H25F5O.C19H25F3/c1-12-2-4-13(5-3-12)14-6-8-15(9-7-14)20(24,25)26-16-10-17(21)19(23)18(22)11-16;1-12-2-4-13(5-3-12)14-6-8-15(9-7-14)16-10-17(20)19(22)18(21)11-16/h10-15H,2-9H2,1H3;10-15H,2-9H2,1H3. The highest BCUT2D eigenvalue weighted by atomic mass is 19.3. The van der Waals surface area contributed by atoms with E-state index in [2.05, 4.69) is 18.6 Å². The van der Waals surface area contributed by atoms with Crippen LogP contribution in [0.15, 0.2) is 24.3 Å². The summed E-state index contributed by atoms with van der Waals surface area (Å²) >= 11 is 0. The smallest absolute Gasteiger partial charge is 0.400 e. The van der Waals surface area contributed by atoms with E-state index >= 15 is 0 Å². The van der Waals surface area contributed by atoms with Crippen molar-refractivity contribution in [3.8, 4) is 5.75 Å². The van der Waals surface area contributed by atoms with Crippen LogP contribution in [0.5, 0.6) is 5.75 Å². The van der Waals surface area contributed by atoms with Crippen molar-refractivity contribution in [3.05, 3.63) is 64.7 Å². The molecule has 4 saturated carbocycles. The van der Waals surface area contributed by atoms with Crippen LogP contribution < -0.4 is 4.74 Å². The highest BCUT2D eigenvalue weighted by molar-refractivity contribution is 5.26. The second-order valence-corrected chi connectivity index (χ2v) is 15.4. The summed E-state index contributed by atoms with van der Waals surface area (Å²) in [5.74, 6) is -5.36. The fourth-order valence-electron chi connectivity index (χ4n) is 9.01. The molecule has 0 aliphatic heterocycles. The number of halogens is 8. The minimum Gasteiger partial charge on any atom is -0.432 e. The van der Waals surface area contributed by atoms with Crippen LogP contribution in [0.2, 0.25) is 0 Å². The Morgan fingerprint density at radius 2 is 0.812 bits per heavy atom. The van der Waals surface area contributed by atoms with Gasteiger partial charge in [0.2, 0.25) is 0 Å². The summed E-state index contributed by atoms with van der Waals surface area (Å²) in [5.41, 5.74) is 0.632. The van der Waals surface area contributed by atoms with Gasteiger partial charge in [0.15, 0.2) is 34.9 Å². The lowest BCUT2D eigenvalue weighted by molar-refractivity contribution is -0.224. The van der Waals surface area contributed by atoms with E-state index in [0.29, 0.717) is 42.4 Å². The molecule has 0 heterocycles. The maximum Gasteiger partial charge on any atom is 0.400 e. The fourth-order valence-corrected chi connectivity index (χ4v) is 9.01. The summed E-state index contributed by atoms with van der Waals surface area (Å²) in [6, 6.07) is 3.29. The SMILES string of the molecule is CC1CCC(C2CCC(C(F)(F)Oc3cc(F)c(F)c(F)c3)CC2)CC1.CC1CCC(C2CCC(c3cc(F)c(F)c(F)c3)CC2)CC1. The monoisotopic (exact) mass is 686 g/mol. The molecule has 0 bridgehead atoms. The zero-order valence-electron chi connectivity index (χ0n) is 28.2. The molecule has 48 heavy (non-hydrogen) atoms. The Hall–Kier alpha value is -2.32. The van der Waals surface area contributed by atoms with Gasteiger partial charge in [-0.2, -0.15) is 8.78 Å². The lowest BCUT2D eigenvalue weighted by Crippen LogP contribution is -2.38. The predicted molar refractivity (Wildman–Crippen MR) is 171 cm³/mol. The van der Waals surface area contributed by atoms with Crippen LogP contribution in [-0.4, -0.2) is 6.11 Å². The zero-order chi connectivity index (χ0) is 34.6. The summed E-state index contributed by atoms with van der Waals surface area (Å²) < 4.78 is 113. The van der Waals surface area contributed by atoms with Crippen molar-refractivity contribution in [2.45, 2.75) is 129 Å². The van der Waals surface area contributed by atoms with Gasteiger partial charge in [0.1, 0.15) is 5.75 Å². The summed E-state index contributed by atoms with van der Waals surface area (Å²) in [5, 5.41) is 0. The average Bonchev–Trinajstić information content (AvgIpc) is 3.07. The lowest BCUT2D eigenvalue weighted by atomic mass is 9.68. The van der Waals surface area contributed by atoms with E-state index in [-0.39, 0.29) is 5.92 Å². The van der Waals surface area contributed by atoms with E-state index < -0.39 is 52.7 Å². The molecular weight excluding hydrogens is 636 g/mol. The van der Waals surface area contributed by atoms with Crippen LogP contribution >= 0.6 is 0 Å². The minimum atomic E-state index is -3.53. The summed E-state index contributed by atoms with van der Waals surface area (Å²) in [6.07, 6.45) is 13.0. The molecule has 0 amide bonds. The van der Waals surface area contributed by atoms with E-state index in [1.54, 1.807) is 0 Å². The zero-order valence-corrected chi connectivity index (χ0v) is 28.2. The molecule has 9 heteroatoms. The average molecular weight is 687 g/mol. The minimum absolute atomic E-state index is 0.184. The van der Waals surface area contributed by atoms with Gasteiger partial charge in [-0.3, -0.25) is 0 Å². The van der Waals surface area contributed by atoms with Crippen LogP contribution in [0.25, 0.3) is 0 Å². The van der Waals surface area contributed by atoms with Gasteiger partial charge in [-0.1, -0.05) is 39.5 Å². The molecule has 6 rings (SSSR count). The summed E-state index contributed by atoms with van der Waals surface area (Å²) in [4.78, 5) is 0. The van der Waals surface area contributed by atoms with Gasteiger partial charge in [-0.15, -0.1) is 0 Å². The molecule has 0 N–H and O–H groups in total. The second kappa shape index (κ2) is 16.1. The molecule has 0 radical (unpaired) electrons. The van der Waals surface area contributed by atoms with E-state index in [1.807, 2.05) is 0 Å². The number of alkyl halides is 2. The first-order valence-electron chi connectivity index (χ1n) is 18.2. The van der Waals surface area contributed by atoms with E-state index in [9.17, 15) is 35.1 Å². The molecule has 0 spiro atoms. The molecule has 268 valence electrons. The van der Waals surface area contributed by atoms with Crippen molar-refractivity contribution in [2.75, 3.05) is 0 Å². The topological polar surface area (TPSA) is 9.23 Å². The quantitative estimate of drug-likeness (QED) is 0.217. The van der Waals surface area contributed by atoms with E-state index in [1.165, 1.54) is 63.5 Å². The number of hydrogen-bond acceptors (Lipinski definition) is 1. The Labute approximate surface area is 280 Å². The maximum atomic E-state index is 14.4. The third-order valence-corrected chi connectivity index (χ3v) is 12.2. The lowest BCUT2D eigenvalue weighted by Gasteiger charge is -2.38. The van der Waals surface area contributed by atoms with Crippen molar-refractivity contribution in [2.24, 2.45) is 41.4 Å². The molecule has 4 aliphatic rings. The molecule has 4 fully saturated rings. The molecule has 4 aliphatic carbocycles. The normalized spacial score (nSPS) is 31.5. The third kappa shape index (κ3) is 9.26. The van der Waals surface area contributed by atoms with Crippen LogP contribution in [0.1, 0.15) is 128 Å². The molecule has 0 saturated heterocycles. The van der Waals surface area contributed by atoms with E-state index in [4.69, 9.17) is 0 Å². The van der Waals surface area contributed by atoms with Gasteiger partial charge >= 0.3 is 6.11 Å². The van der Waals surface area contributed by atoms with E-state index in [0.717, 1.165) is 62.2 Å². The molecule has 0 atom stereocenters. The van der Waals surface area contributed by atoms with Gasteiger partial charge in [0.25, 0.3) is 0 Å². The van der Waals surface area contributed by atoms with Crippen molar-refractivity contribution < 1.29 is 39.9 Å². The highest BCUT2D eigenvalue weighted by Gasteiger charge is 2.45. The van der Waals surface area contributed by atoms with Crippen molar-refractivity contribution >= 4 is 0 Å². The maximum absolute atomic E-state index is 14.4. The Bertz CT molecular complexity index is 1290. The van der Waals surface area contributed by atoms with Crippen molar-refractivity contribution in [1.82, 2.24) is 0 Å². The van der Waals surface area contributed by atoms with Gasteiger partial charge in [-0.25, -0.2) is 26.3 Å². The van der Waals surface area contributed by atoms with Gasteiger partial charge in [-0.05, 0) is 136 Å². The van der Waals surface area contributed by atoms with Gasteiger partial charge in [0.05, 0.1) is 5.92 Å².